The maximum atomic E-state index is 11.5. The van der Waals surface area contributed by atoms with Gasteiger partial charge in [-0.15, -0.1) is 0 Å². The normalized spacial score (nSPS) is 22.9. The Morgan fingerprint density at radius 2 is 2.18 bits per heavy atom. The van der Waals surface area contributed by atoms with Crippen molar-refractivity contribution in [2.45, 2.75) is 25.8 Å². The van der Waals surface area contributed by atoms with Crippen molar-refractivity contribution in [3.05, 3.63) is 23.8 Å². The first-order valence-corrected chi connectivity index (χ1v) is 5.93. The number of nitrogens with one attached hydrogen (secondary N) is 1. The highest BCUT2D eigenvalue weighted by Crippen LogP contribution is 2.31. The Morgan fingerprint density at radius 1 is 1.35 bits per heavy atom. The number of fused-ring (bicyclic) bond motifs is 1. The van der Waals surface area contributed by atoms with E-state index in [1.807, 2.05) is 12.1 Å². The topological polar surface area (TPSA) is 49.4 Å². The van der Waals surface area contributed by atoms with Crippen molar-refractivity contribution < 1.29 is 9.59 Å². The van der Waals surface area contributed by atoms with Gasteiger partial charge in [-0.1, -0.05) is 0 Å². The van der Waals surface area contributed by atoms with Gasteiger partial charge < -0.3 is 10.2 Å². The second kappa shape index (κ2) is 3.58. The van der Waals surface area contributed by atoms with E-state index in [2.05, 4.69) is 17.1 Å². The number of hydrogen-bond acceptors (Lipinski definition) is 3. The van der Waals surface area contributed by atoms with Crippen LogP contribution in [0.5, 0.6) is 0 Å². The van der Waals surface area contributed by atoms with Gasteiger partial charge in [0.05, 0.1) is 11.3 Å². The molecule has 0 aliphatic carbocycles. The molecular weight excluding hydrogens is 216 g/mol. The largest absolute Gasteiger partial charge is 0.369 e. The van der Waals surface area contributed by atoms with Crippen LogP contribution in [0.4, 0.5) is 11.4 Å². The zero-order chi connectivity index (χ0) is 12.0. The van der Waals surface area contributed by atoms with E-state index in [-0.39, 0.29) is 0 Å². The summed E-state index contributed by atoms with van der Waals surface area (Å²) in [6.45, 7) is 3.24. The van der Waals surface area contributed by atoms with Gasteiger partial charge in [0.1, 0.15) is 0 Å². The average Bonchev–Trinajstić information content (AvgIpc) is 2.84. The minimum atomic E-state index is -0.522. The predicted molar refractivity (Wildman–Crippen MR) is 65.4 cm³/mol. The van der Waals surface area contributed by atoms with Gasteiger partial charge in [-0.05, 0) is 38.0 Å². The SMILES string of the molecule is CC1CCCN1c1ccc2c(c1)NC(=O)C2=O. The number of carbonyl (C=O) groups is 2. The lowest BCUT2D eigenvalue weighted by Gasteiger charge is -2.24. The fraction of sp³-hybridized carbons (Fsp3) is 0.385. The third-order valence-electron chi connectivity index (χ3n) is 3.59. The molecule has 1 saturated heterocycles. The number of carbonyl (C=O) groups excluding carboxylic acids is 2. The Labute approximate surface area is 99.6 Å². The summed E-state index contributed by atoms with van der Waals surface area (Å²) in [5.74, 6) is -0.951. The van der Waals surface area contributed by atoms with E-state index in [1.165, 1.54) is 12.8 Å². The number of amides is 1. The standard InChI is InChI=1S/C13H14N2O2/c1-8-3-2-6-15(8)9-4-5-10-11(7-9)14-13(17)12(10)16/h4-5,7-8H,2-3,6H2,1H3,(H,14,16,17). The van der Waals surface area contributed by atoms with Gasteiger partial charge in [0, 0.05) is 18.3 Å². The number of nitrogens with zero attached hydrogens (tertiary/aromatic N) is 1. The fourth-order valence-electron chi connectivity index (χ4n) is 2.63. The van der Waals surface area contributed by atoms with Crippen LogP contribution in [0.1, 0.15) is 30.1 Å². The monoisotopic (exact) mass is 230 g/mol. The fourth-order valence-corrected chi connectivity index (χ4v) is 2.63. The first-order chi connectivity index (χ1) is 8.16. The first kappa shape index (κ1) is 10.3. The first-order valence-electron chi connectivity index (χ1n) is 5.93. The molecule has 4 nitrogen and oxygen atoms in total. The van der Waals surface area contributed by atoms with E-state index in [9.17, 15) is 9.59 Å². The molecule has 1 amide bonds. The number of benzene rings is 1. The predicted octanol–water partition coefficient (Wildman–Crippen LogP) is 1.81. The van der Waals surface area contributed by atoms with Gasteiger partial charge in [0.15, 0.2) is 0 Å². The number of ketones is 1. The third-order valence-corrected chi connectivity index (χ3v) is 3.59. The zero-order valence-electron chi connectivity index (χ0n) is 9.69. The van der Waals surface area contributed by atoms with Crippen LogP contribution in [0.15, 0.2) is 18.2 Å². The molecule has 1 aromatic rings. The molecule has 0 spiro atoms. The molecule has 2 aliphatic rings. The molecule has 1 aromatic carbocycles. The Bertz CT molecular complexity index is 510. The van der Waals surface area contributed by atoms with Gasteiger partial charge in [0.25, 0.3) is 11.7 Å². The third kappa shape index (κ3) is 1.52. The van der Waals surface area contributed by atoms with E-state index in [0.717, 1.165) is 12.2 Å². The molecular formula is C13H14N2O2. The molecule has 0 radical (unpaired) electrons. The van der Waals surface area contributed by atoms with Crippen LogP contribution in [0.3, 0.4) is 0 Å². The number of anilines is 2. The van der Waals surface area contributed by atoms with Gasteiger partial charge in [-0.25, -0.2) is 0 Å². The van der Waals surface area contributed by atoms with Gasteiger partial charge in [-0.3, -0.25) is 9.59 Å². The van der Waals surface area contributed by atoms with E-state index in [1.54, 1.807) is 6.07 Å². The van der Waals surface area contributed by atoms with Crippen molar-refractivity contribution in [2.24, 2.45) is 0 Å². The Kier molecular flexibility index (Phi) is 2.18. The Hall–Kier alpha value is -1.84. The smallest absolute Gasteiger partial charge is 0.296 e. The minimum absolute atomic E-state index is 0.430. The molecule has 4 heteroatoms. The highest BCUT2D eigenvalue weighted by atomic mass is 16.2. The van der Waals surface area contributed by atoms with E-state index in [4.69, 9.17) is 0 Å². The summed E-state index contributed by atoms with van der Waals surface area (Å²) < 4.78 is 0. The van der Waals surface area contributed by atoms with Crippen molar-refractivity contribution in [3.63, 3.8) is 0 Å². The van der Waals surface area contributed by atoms with Crippen LogP contribution in [0.25, 0.3) is 0 Å². The summed E-state index contributed by atoms with van der Waals surface area (Å²) in [5, 5.41) is 2.61. The number of hydrogen-bond donors (Lipinski definition) is 1. The van der Waals surface area contributed by atoms with Crippen LogP contribution in [0, 0.1) is 0 Å². The molecule has 1 unspecified atom stereocenters. The molecule has 1 N–H and O–H groups in total. The molecule has 17 heavy (non-hydrogen) atoms. The maximum Gasteiger partial charge on any atom is 0.296 e. The molecule has 2 heterocycles. The molecule has 0 aromatic heterocycles. The average molecular weight is 230 g/mol. The Balaban J connectivity index is 1.98. The van der Waals surface area contributed by atoms with Crippen LogP contribution >= 0.6 is 0 Å². The second-order valence-corrected chi connectivity index (χ2v) is 4.70. The van der Waals surface area contributed by atoms with Crippen molar-refractivity contribution in [3.8, 4) is 0 Å². The lowest BCUT2D eigenvalue weighted by molar-refractivity contribution is -0.112. The van der Waals surface area contributed by atoms with Crippen LogP contribution in [-0.4, -0.2) is 24.3 Å². The molecule has 0 bridgehead atoms. The summed E-state index contributed by atoms with van der Waals surface area (Å²) in [5.41, 5.74) is 2.23. The lowest BCUT2D eigenvalue weighted by Crippen LogP contribution is -2.26. The summed E-state index contributed by atoms with van der Waals surface area (Å²) in [6, 6.07) is 6.11. The molecule has 1 atom stereocenters. The van der Waals surface area contributed by atoms with Gasteiger partial charge >= 0.3 is 0 Å². The summed E-state index contributed by atoms with van der Waals surface area (Å²) in [6.07, 6.45) is 2.39. The van der Waals surface area contributed by atoms with Crippen molar-refractivity contribution in [2.75, 3.05) is 16.8 Å². The molecule has 3 rings (SSSR count). The number of Topliss-reactive ketones (excluding diaryl/α,β-unsaturated/α-hetero) is 1. The number of rotatable bonds is 1. The lowest BCUT2D eigenvalue weighted by atomic mass is 10.1. The maximum absolute atomic E-state index is 11.5. The molecule has 0 saturated carbocycles. The van der Waals surface area contributed by atoms with E-state index in [0.29, 0.717) is 17.3 Å². The molecule has 1 fully saturated rings. The summed E-state index contributed by atoms with van der Waals surface area (Å²) in [4.78, 5) is 25.0. The van der Waals surface area contributed by atoms with Crippen LogP contribution in [-0.2, 0) is 4.79 Å². The van der Waals surface area contributed by atoms with Crippen LogP contribution in [0.2, 0.25) is 0 Å². The summed E-state index contributed by atoms with van der Waals surface area (Å²) >= 11 is 0. The van der Waals surface area contributed by atoms with Gasteiger partial charge in [-0.2, -0.15) is 0 Å². The van der Waals surface area contributed by atoms with Crippen molar-refractivity contribution in [1.82, 2.24) is 0 Å². The highest BCUT2D eigenvalue weighted by Gasteiger charge is 2.29. The highest BCUT2D eigenvalue weighted by molar-refractivity contribution is 6.51. The quantitative estimate of drug-likeness (QED) is 0.748. The van der Waals surface area contributed by atoms with Crippen molar-refractivity contribution >= 4 is 23.1 Å². The zero-order valence-corrected chi connectivity index (χ0v) is 9.69. The molecule has 88 valence electrons. The minimum Gasteiger partial charge on any atom is -0.369 e. The van der Waals surface area contributed by atoms with Crippen molar-refractivity contribution in [1.29, 1.82) is 0 Å². The Morgan fingerprint density at radius 3 is 2.88 bits per heavy atom. The second-order valence-electron chi connectivity index (χ2n) is 4.70. The van der Waals surface area contributed by atoms with Crippen LogP contribution < -0.4 is 10.2 Å². The molecule has 2 aliphatic heterocycles. The van der Waals surface area contributed by atoms with Gasteiger partial charge in [0.2, 0.25) is 0 Å². The van der Waals surface area contributed by atoms with E-state index >= 15 is 0 Å². The van der Waals surface area contributed by atoms with E-state index < -0.39 is 11.7 Å². The summed E-state index contributed by atoms with van der Waals surface area (Å²) in [7, 11) is 0.